The van der Waals surface area contributed by atoms with Crippen molar-refractivity contribution >= 4 is 27.3 Å². The molecule has 0 spiro atoms. The second-order valence-electron chi connectivity index (χ2n) is 6.08. The molecule has 0 atom stereocenters. The predicted molar refractivity (Wildman–Crippen MR) is 97.0 cm³/mol. The Bertz CT molecular complexity index is 460. The zero-order valence-electron chi connectivity index (χ0n) is 13.8. The minimum absolute atomic E-state index is 0.235. The van der Waals surface area contributed by atoms with E-state index < -0.39 is 0 Å². The first kappa shape index (κ1) is 18.9. The summed E-state index contributed by atoms with van der Waals surface area (Å²) in [6, 6.07) is 7.61. The molecular weight excluding hydrogens is 344 g/mol. The highest BCUT2D eigenvalue weighted by atomic mass is 79.9. The van der Waals surface area contributed by atoms with Gasteiger partial charge in [-0.05, 0) is 30.7 Å². The number of hydrogen-bond donors (Lipinski definition) is 0. The number of benzene rings is 1. The summed E-state index contributed by atoms with van der Waals surface area (Å²) in [5, 5.41) is 11.3. The molecule has 5 heteroatoms. The van der Waals surface area contributed by atoms with Gasteiger partial charge < -0.3 is 4.90 Å². The van der Waals surface area contributed by atoms with E-state index in [1.54, 1.807) is 12.1 Å². The molecule has 0 aliphatic heterocycles. The van der Waals surface area contributed by atoms with Crippen LogP contribution in [0.15, 0.2) is 24.3 Å². The lowest BCUT2D eigenvalue weighted by Gasteiger charge is -2.37. The Morgan fingerprint density at radius 3 is 2.36 bits per heavy atom. The molecule has 0 aromatic heterocycles. The van der Waals surface area contributed by atoms with Gasteiger partial charge in [0.15, 0.2) is 0 Å². The highest BCUT2D eigenvalue weighted by molar-refractivity contribution is 9.08. The smallest absolute Gasteiger partial charge is 0.292 e. The van der Waals surface area contributed by atoms with Crippen molar-refractivity contribution < 1.29 is 4.92 Å². The van der Waals surface area contributed by atoms with E-state index in [9.17, 15) is 10.1 Å². The zero-order valence-corrected chi connectivity index (χ0v) is 15.4. The van der Waals surface area contributed by atoms with Gasteiger partial charge in [0.25, 0.3) is 5.69 Å². The number of halogens is 1. The van der Waals surface area contributed by atoms with Crippen molar-refractivity contribution in [2.75, 3.05) is 17.3 Å². The summed E-state index contributed by atoms with van der Waals surface area (Å²) in [4.78, 5) is 13.3. The Morgan fingerprint density at radius 1 is 1.23 bits per heavy atom. The summed E-state index contributed by atoms with van der Waals surface area (Å²) in [7, 11) is 0. The fraction of sp³-hybridized carbons (Fsp3) is 0.647. The summed E-state index contributed by atoms with van der Waals surface area (Å²) < 4.78 is 0. The van der Waals surface area contributed by atoms with Crippen LogP contribution in [0, 0.1) is 16.0 Å². The number of hydrogen-bond acceptors (Lipinski definition) is 3. The lowest BCUT2D eigenvalue weighted by molar-refractivity contribution is -0.384. The largest absolute Gasteiger partial charge is 0.363 e. The van der Waals surface area contributed by atoms with Crippen molar-refractivity contribution in [1.29, 1.82) is 0 Å². The fourth-order valence-electron chi connectivity index (χ4n) is 3.09. The van der Waals surface area contributed by atoms with Crippen LogP contribution in [0.3, 0.4) is 0 Å². The Balaban J connectivity index is 0.00000116. The first-order valence-electron chi connectivity index (χ1n) is 7.97. The second-order valence-corrected chi connectivity index (χ2v) is 6.08. The maximum absolute atomic E-state index is 11.3. The second kappa shape index (κ2) is 9.82. The summed E-state index contributed by atoms with van der Waals surface area (Å²) >= 11 is 2.94. The highest BCUT2D eigenvalue weighted by Gasteiger charge is 2.27. The summed E-state index contributed by atoms with van der Waals surface area (Å²) in [6.07, 6.45) is 6.07. The van der Waals surface area contributed by atoms with Gasteiger partial charge in [0.1, 0.15) is 5.69 Å². The monoisotopic (exact) mass is 370 g/mol. The summed E-state index contributed by atoms with van der Waals surface area (Å²) in [5.41, 5.74) is 1.02. The Morgan fingerprint density at radius 2 is 1.82 bits per heavy atom. The number of nitro benzene ring substituents is 1. The van der Waals surface area contributed by atoms with E-state index in [-0.39, 0.29) is 10.6 Å². The molecule has 0 radical (unpaired) electrons. The van der Waals surface area contributed by atoms with E-state index in [1.165, 1.54) is 19.3 Å². The molecule has 0 amide bonds. The minimum atomic E-state index is -0.258. The number of nitro groups is 1. The number of para-hydroxylation sites is 2. The van der Waals surface area contributed by atoms with Crippen molar-refractivity contribution in [3.05, 3.63) is 34.4 Å². The van der Waals surface area contributed by atoms with Crippen molar-refractivity contribution in [3.63, 3.8) is 0 Å². The first-order chi connectivity index (χ1) is 10.6. The number of nitrogens with zero attached hydrogens (tertiary/aromatic N) is 2. The predicted octanol–water partition coefficient (Wildman–Crippen LogP) is 5.40. The molecule has 1 aliphatic carbocycles. The van der Waals surface area contributed by atoms with Crippen LogP contribution in [0.5, 0.6) is 0 Å². The van der Waals surface area contributed by atoms with Gasteiger partial charge in [-0.1, -0.05) is 61.2 Å². The fourth-order valence-corrected chi connectivity index (χ4v) is 3.09. The lowest BCUT2D eigenvalue weighted by atomic mass is 9.93. The van der Waals surface area contributed by atoms with Crippen LogP contribution in [0.2, 0.25) is 0 Å². The average Bonchev–Trinajstić information content (AvgIpc) is 2.55. The molecule has 22 heavy (non-hydrogen) atoms. The summed E-state index contributed by atoms with van der Waals surface area (Å²) in [5.74, 6) is 2.31. The molecule has 0 saturated heterocycles. The molecule has 0 heterocycles. The molecule has 0 N–H and O–H groups in total. The van der Waals surface area contributed by atoms with Crippen molar-refractivity contribution in [2.45, 2.75) is 52.0 Å². The van der Waals surface area contributed by atoms with Gasteiger partial charge in [0.05, 0.1) is 4.92 Å². The maximum atomic E-state index is 11.3. The van der Waals surface area contributed by atoms with E-state index in [4.69, 9.17) is 0 Å². The van der Waals surface area contributed by atoms with Gasteiger partial charge in [-0.2, -0.15) is 0 Å². The van der Waals surface area contributed by atoms with Crippen LogP contribution in [-0.2, 0) is 0 Å². The Labute approximate surface area is 142 Å². The zero-order chi connectivity index (χ0) is 16.5. The molecule has 4 nitrogen and oxygen atoms in total. The van der Waals surface area contributed by atoms with Crippen LogP contribution < -0.4 is 4.90 Å². The number of rotatable bonds is 5. The molecule has 2 rings (SSSR count). The first-order valence-corrected chi connectivity index (χ1v) is 9.56. The molecular formula is C17H27BrN2O2. The van der Waals surface area contributed by atoms with Crippen molar-refractivity contribution in [2.24, 2.45) is 5.92 Å². The van der Waals surface area contributed by atoms with E-state index >= 15 is 0 Å². The van der Waals surface area contributed by atoms with Crippen molar-refractivity contribution in [1.82, 2.24) is 0 Å². The van der Waals surface area contributed by atoms with Gasteiger partial charge >= 0.3 is 0 Å². The number of alkyl halides is 1. The van der Waals surface area contributed by atoms with Gasteiger partial charge in [-0.3, -0.25) is 10.1 Å². The molecule has 1 aromatic carbocycles. The number of anilines is 1. The Kier molecular flexibility index (Phi) is 8.46. The van der Waals surface area contributed by atoms with Gasteiger partial charge in [-0.25, -0.2) is 0 Å². The normalized spacial score (nSPS) is 15.1. The molecule has 1 aromatic rings. The van der Waals surface area contributed by atoms with E-state index in [1.807, 2.05) is 18.0 Å². The van der Waals surface area contributed by atoms with E-state index in [0.717, 1.165) is 25.1 Å². The third-order valence-electron chi connectivity index (χ3n) is 3.97. The van der Waals surface area contributed by atoms with Crippen molar-refractivity contribution in [3.8, 4) is 0 Å². The average molecular weight is 371 g/mol. The molecule has 0 bridgehead atoms. The van der Waals surface area contributed by atoms with Gasteiger partial charge in [0, 0.05) is 18.7 Å². The molecule has 1 fully saturated rings. The maximum Gasteiger partial charge on any atom is 0.292 e. The SMILES string of the molecule is CBr.CC(C)CN(c1ccccc1[N+](=O)[O-])C1CCCCC1. The van der Waals surface area contributed by atoms with Crippen LogP contribution >= 0.6 is 15.9 Å². The minimum Gasteiger partial charge on any atom is -0.363 e. The molecule has 1 saturated carbocycles. The standard InChI is InChI=1S/C16H24N2O2.CH3Br/c1-13(2)12-17(14-8-4-3-5-9-14)15-10-6-7-11-16(15)18(19)20;1-2/h6-7,10-11,13-14H,3-5,8-9,12H2,1-2H3;1H3. The lowest BCUT2D eigenvalue weighted by Crippen LogP contribution is -2.39. The summed E-state index contributed by atoms with van der Waals surface area (Å²) in [6.45, 7) is 5.23. The third-order valence-corrected chi connectivity index (χ3v) is 3.97. The Hall–Kier alpha value is -1.10. The highest BCUT2D eigenvalue weighted by Crippen LogP contribution is 2.34. The molecule has 1 aliphatic rings. The van der Waals surface area contributed by atoms with Crippen LogP contribution in [0.25, 0.3) is 0 Å². The van der Waals surface area contributed by atoms with Gasteiger partial charge in [-0.15, -0.1) is 0 Å². The van der Waals surface area contributed by atoms with Crippen LogP contribution in [-0.4, -0.2) is 23.3 Å². The van der Waals surface area contributed by atoms with Crippen LogP contribution in [0.1, 0.15) is 46.0 Å². The molecule has 0 unspecified atom stereocenters. The van der Waals surface area contributed by atoms with E-state index in [2.05, 4.69) is 34.7 Å². The van der Waals surface area contributed by atoms with Gasteiger partial charge in [0.2, 0.25) is 0 Å². The quantitative estimate of drug-likeness (QED) is 0.395. The van der Waals surface area contributed by atoms with Crippen LogP contribution in [0.4, 0.5) is 11.4 Å². The molecule has 124 valence electrons. The van der Waals surface area contributed by atoms with E-state index in [0.29, 0.717) is 12.0 Å². The topological polar surface area (TPSA) is 46.4 Å². The third kappa shape index (κ3) is 5.27.